The highest BCUT2D eigenvalue weighted by molar-refractivity contribution is 5.84. The first kappa shape index (κ1) is 15.8. The number of carbonyl (C=O) groups is 2. The van der Waals surface area contributed by atoms with Crippen molar-refractivity contribution >= 4 is 11.9 Å². The maximum Gasteiger partial charge on any atom is 0.326 e. The zero-order valence-corrected chi connectivity index (χ0v) is 11.6. The van der Waals surface area contributed by atoms with Crippen LogP contribution < -0.4 is 14.8 Å². The van der Waals surface area contributed by atoms with Gasteiger partial charge in [0.25, 0.3) is 5.91 Å². The Kier molecular flexibility index (Phi) is 6.36. The average molecular weight is 281 g/mol. The van der Waals surface area contributed by atoms with Crippen molar-refractivity contribution in [3.8, 4) is 11.5 Å². The summed E-state index contributed by atoms with van der Waals surface area (Å²) in [7, 11) is 0. The largest absolute Gasteiger partial charge is 0.490 e. The quantitative estimate of drug-likeness (QED) is 0.753. The van der Waals surface area contributed by atoms with Gasteiger partial charge in [0.1, 0.15) is 6.04 Å². The molecule has 110 valence electrons. The van der Waals surface area contributed by atoms with Crippen molar-refractivity contribution in [3.63, 3.8) is 0 Å². The van der Waals surface area contributed by atoms with E-state index >= 15 is 0 Å². The van der Waals surface area contributed by atoms with Gasteiger partial charge in [0, 0.05) is 0 Å². The summed E-state index contributed by atoms with van der Waals surface area (Å²) in [6.45, 7) is 3.77. The number of aliphatic carboxylic acids is 1. The molecule has 1 amide bonds. The van der Waals surface area contributed by atoms with E-state index in [0.717, 1.165) is 0 Å². The van der Waals surface area contributed by atoms with Crippen LogP contribution in [0.15, 0.2) is 24.3 Å². The Morgan fingerprint density at radius 1 is 1.20 bits per heavy atom. The van der Waals surface area contributed by atoms with E-state index < -0.39 is 17.9 Å². The number of para-hydroxylation sites is 2. The van der Waals surface area contributed by atoms with Crippen molar-refractivity contribution in [3.05, 3.63) is 24.3 Å². The number of hydrogen-bond acceptors (Lipinski definition) is 4. The smallest absolute Gasteiger partial charge is 0.326 e. The van der Waals surface area contributed by atoms with Crippen molar-refractivity contribution in [2.24, 2.45) is 0 Å². The minimum absolute atomic E-state index is 0.256. The number of rotatable bonds is 8. The molecule has 6 heteroatoms. The van der Waals surface area contributed by atoms with Crippen LogP contribution in [0.4, 0.5) is 0 Å². The van der Waals surface area contributed by atoms with Gasteiger partial charge < -0.3 is 19.9 Å². The predicted octanol–water partition coefficient (Wildman–Crippen LogP) is 1.44. The molecule has 0 aromatic heterocycles. The highest BCUT2D eigenvalue weighted by Gasteiger charge is 2.18. The first-order chi connectivity index (χ1) is 9.58. The fraction of sp³-hybridized carbons (Fsp3) is 0.429. The van der Waals surface area contributed by atoms with E-state index in [0.29, 0.717) is 24.5 Å². The molecule has 0 aliphatic carbocycles. The summed E-state index contributed by atoms with van der Waals surface area (Å²) >= 11 is 0. The van der Waals surface area contributed by atoms with Crippen LogP contribution in [-0.4, -0.2) is 36.2 Å². The maximum absolute atomic E-state index is 11.6. The molecule has 0 saturated carbocycles. The van der Waals surface area contributed by atoms with Crippen LogP contribution in [0.3, 0.4) is 0 Å². The van der Waals surface area contributed by atoms with E-state index in [1.54, 1.807) is 31.2 Å². The fourth-order valence-electron chi connectivity index (χ4n) is 1.56. The number of amides is 1. The van der Waals surface area contributed by atoms with Gasteiger partial charge in [-0.15, -0.1) is 0 Å². The molecule has 0 aliphatic rings. The molecule has 20 heavy (non-hydrogen) atoms. The third kappa shape index (κ3) is 4.79. The number of nitrogens with one attached hydrogen (secondary N) is 1. The molecule has 1 aromatic rings. The summed E-state index contributed by atoms with van der Waals surface area (Å²) in [5.74, 6) is -0.540. The number of hydrogen-bond donors (Lipinski definition) is 2. The number of carboxylic acid groups (broad SMARTS) is 1. The normalized spacial score (nSPS) is 11.5. The first-order valence-electron chi connectivity index (χ1n) is 6.45. The molecule has 0 unspecified atom stereocenters. The lowest BCUT2D eigenvalue weighted by atomic mass is 10.2. The van der Waals surface area contributed by atoms with E-state index in [1.807, 2.05) is 6.92 Å². The molecule has 2 N–H and O–H groups in total. The molecule has 6 nitrogen and oxygen atoms in total. The summed E-state index contributed by atoms with van der Waals surface area (Å²) < 4.78 is 10.7. The van der Waals surface area contributed by atoms with Crippen molar-refractivity contribution in [2.45, 2.75) is 26.3 Å². The fourth-order valence-corrected chi connectivity index (χ4v) is 1.56. The molecule has 1 aromatic carbocycles. The highest BCUT2D eigenvalue weighted by Crippen LogP contribution is 2.26. The van der Waals surface area contributed by atoms with Crippen molar-refractivity contribution in [1.29, 1.82) is 0 Å². The van der Waals surface area contributed by atoms with Gasteiger partial charge in [-0.2, -0.15) is 0 Å². The van der Waals surface area contributed by atoms with E-state index in [2.05, 4.69) is 5.32 Å². The Balaban J connectivity index is 2.54. The van der Waals surface area contributed by atoms with Crippen molar-refractivity contribution in [2.75, 3.05) is 13.2 Å². The first-order valence-corrected chi connectivity index (χ1v) is 6.45. The zero-order chi connectivity index (χ0) is 15.0. The van der Waals surface area contributed by atoms with E-state index in [-0.39, 0.29) is 6.61 Å². The summed E-state index contributed by atoms with van der Waals surface area (Å²) in [6.07, 6.45) is 0.316. The van der Waals surface area contributed by atoms with Gasteiger partial charge in [0.05, 0.1) is 6.61 Å². The molecular weight excluding hydrogens is 262 g/mol. The lowest BCUT2D eigenvalue weighted by molar-refractivity contribution is -0.142. The number of carbonyl (C=O) groups excluding carboxylic acids is 1. The maximum atomic E-state index is 11.6. The van der Waals surface area contributed by atoms with Crippen molar-refractivity contribution < 1.29 is 24.2 Å². The van der Waals surface area contributed by atoms with Gasteiger partial charge in [-0.25, -0.2) is 4.79 Å². The van der Waals surface area contributed by atoms with Gasteiger partial charge in [0.2, 0.25) is 0 Å². The molecule has 1 atom stereocenters. The van der Waals surface area contributed by atoms with Crippen LogP contribution in [0.5, 0.6) is 11.5 Å². The van der Waals surface area contributed by atoms with Crippen LogP contribution in [0, 0.1) is 0 Å². The van der Waals surface area contributed by atoms with Gasteiger partial charge in [-0.05, 0) is 25.5 Å². The lowest BCUT2D eigenvalue weighted by Crippen LogP contribution is -2.42. The zero-order valence-electron chi connectivity index (χ0n) is 11.6. The molecule has 0 aliphatic heterocycles. The molecule has 0 spiro atoms. The van der Waals surface area contributed by atoms with E-state index in [9.17, 15) is 9.59 Å². The molecule has 0 radical (unpaired) electrons. The third-order valence-electron chi connectivity index (χ3n) is 2.55. The molecule has 0 heterocycles. The lowest BCUT2D eigenvalue weighted by Gasteiger charge is -2.14. The summed E-state index contributed by atoms with van der Waals surface area (Å²) in [5, 5.41) is 11.2. The Hall–Kier alpha value is -2.24. The number of carboxylic acids is 1. The molecule has 0 fully saturated rings. The average Bonchev–Trinajstić information content (AvgIpc) is 2.43. The van der Waals surface area contributed by atoms with Crippen LogP contribution in [0.2, 0.25) is 0 Å². The van der Waals surface area contributed by atoms with Crippen LogP contribution in [0.25, 0.3) is 0 Å². The third-order valence-corrected chi connectivity index (χ3v) is 2.55. The Morgan fingerprint density at radius 3 is 2.30 bits per heavy atom. The van der Waals surface area contributed by atoms with Gasteiger partial charge in [0.15, 0.2) is 18.1 Å². The topological polar surface area (TPSA) is 84.9 Å². The number of benzene rings is 1. The molecule has 0 saturated heterocycles. The van der Waals surface area contributed by atoms with Crippen LogP contribution in [-0.2, 0) is 9.59 Å². The standard InChI is InChI=1S/C14H19NO5/c1-3-10(14(17)18)15-13(16)9-20-12-8-6-5-7-11(12)19-4-2/h5-8,10H,3-4,9H2,1-2H3,(H,15,16)(H,17,18)/t10-/m0/s1. The summed E-state index contributed by atoms with van der Waals surface area (Å²) in [5.41, 5.74) is 0. The second kappa shape index (κ2) is 8.04. The molecular formula is C14H19NO5. The highest BCUT2D eigenvalue weighted by atomic mass is 16.5. The minimum atomic E-state index is -1.06. The van der Waals surface area contributed by atoms with Crippen LogP contribution in [0.1, 0.15) is 20.3 Å². The second-order valence-electron chi connectivity index (χ2n) is 4.04. The predicted molar refractivity (Wildman–Crippen MR) is 73.0 cm³/mol. The Bertz CT molecular complexity index is 461. The van der Waals surface area contributed by atoms with E-state index in [1.165, 1.54) is 0 Å². The number of ether oxygens (including phenoxy) is 2. The van der Waals surface area contributed by atoms with E-state index in [4.69, 9.17) is 14.6 Å². The second-order valence-corrected chi connectivity index (χ2v) is 4.04. The van der Waals surface area contributed by atoms with Crippen molar-refractivity contribution in [1.82, 2.24) is 5.32 Å². The summed E-state index contributed by atoms with van der Waals surface area (Å²) in [6, 6.07) is 6.10. The van der Waals surface area contributed by atoms with Gasteiger partial charge >= 0.3 is 5.97 Å². The van der Waals surface area contributed by atoms with Gasteiger partial charge in [-0.1, -0.05) is 19.1 Å². The Labute approximate surface area is 117 Å². The molecule has 0 bridgehead atoms. The van der Waals surface area contributed by atoms with Gasteiger partial charge in [-0.3, -0.25) is 4.79 Å². The summed E-state index contributed by atoms with van der Waals surface area (Å²) in [4.78, 5) is 22.4. The van der Waals surface area contributed by atoms with Crippen LogP contribution >= 0.6 is 0 Å². The SMILES string of the molecule is CCOc1ccccc1OCC(=O)N[C@@H](CC)C(=O)O. The monoisotopic (exact) mass is 281 g/mol. The molecule has 1 rings (SSSR count). The Morgan fingerprint density at radius 2 is 1.80 bits per heavy atom. The minimum Gasteiger partial charge on any atom is -0.490 e.